The summed E-state index contributed by atoms with van der Waals surface area (Å²) in [6.07, 6.45) is 3.40. The number of aromatic nitrogens is 1. The van der Waals surface area contributed by atoms with E-state index in [0.717, 1.165) is 61.2 Å². The van der Waals surface area contributed by atoms with Gasteiger partial charge in [0.1, 0.15) is 11.5 Å². The van der Waals surface area contributed by atoms with Gasteiger partial charge in [0.15, 0.2) is 5.96 Å². The third-order valence-electron chi connectivity index (χ3n) is 4.93. The second kappa shape index (κ2) is 13.6. The van der Waals surface area contributed by atoms with E-state index in [1.54, 1.807) is 6.26 Å². The zero-order chi connectivity index (χ0) is 20.4. The van der Waals surface area contributed by atoms with Crippen molar-refractivity contribution in [2.75, 3.05) is 26.2 Å². The molecule has 2 aromatic heterocycles. The van der Waals surface area contributed by atoms with Crippen LogP contribution in [-0.4, -0.2) is 42.2 Å². The Kier molecular flexibility index (Phi) is 12.0. The summed E-state index contributed by atoms with van der Waals surface area (Å²) in [4.78, 5) is 7.16. The fourth-order valence-corrected chi connectivity index (χ4v) is 3.36. The van der Waals surface area contributed by atoms with Gasteiger partial charge in [0, 0.05) is 25.1 Å². The van der Waals surface area contributed by atoms with Crippen LogP contribution in [0, 0.1) is 0 Å². The maximum atomic E-state index is 5.69. The van der Waals surface area contributed by atoms with Gasteiger partial charge in [-0.3, -0.25) is 4.90 Å². The highest BCUT2D eigenvalue weighted by molar-refractivity contribution is 14.0. The molecular formula is C21H36IN5O2. The zero-order valence-electron chi connectivity index (χ0n) is 18.3. The summed E-state index contributed by atoms with van der Waals surface area (Å²) in [5.41, 5.74) is 2.10. The minimum Gasteiger partial charge on any atom is -0.468 e. The zero-order valence-corrected chi connectivity index (χ0v) is 20.7. The Morgan fingerprint density at radius 2 is 1.90 bits per heavy atom. The summed E-state index contributed by atoms with van der Waals surface area (Å²) in [5.74, 6) is 2.68. The number of rotatable bonds is 11. The molecule has 0 fully saturated rings. The first-order chi connectivity index (χ1) is 13.7. The molecule has 2 rings (SSSR count). The molecule has 0 aliphatic carbocycles. The first kappa shape index (κ1) is 25.5. The molecule has 0 amide bonds. The van der Waals surface area contributed by atoms with Crippen molar-refractivity contribution in [3.05, 3.63) is 41.2 Å². The molecule has 164 valence electrons. The molecule has 2 heterocycles. The normalized spacial score (nSPS) is 12.7. The lowest BCUT2D eigenvalue weighted by atomic mass is 10.1. The van der Waals surface area contributed by atoms with Gasteiger partial charge in [0.05, 0.1) is 24.5 Å². The molecule has 0 saturated carbocycles. The van der Waals surface area contributed by atoms with Crippen molar-refractivity contribution in [2.45, 2.75) is 60.0 Å². The van der Waals surface area contributed by atoms with Crippen molar-refractivity contribution in [3.8, 4) is 0 Å². The van der Waals surface area contributed by atoms with Gasteiger partial charge in [-0.1, -0.05) is 32.9 Å². The summed E-state index contributed by atoms with van der Waals surface area (Å²) in [5, 5.41) is 11.0. The Morgan fingerprint density at radius 3 is 2.45 bits per heavy atom. The maximum Gasteiger partial charge on any atom is 0.191 e. The van der Waals surface area contributed by atoms with E-state index >= 15 is 0 Å². The Bertz CT molecular complexity index is 689. The summed E-state index contributed by atoms with van der Waals surface area (Å²) in [7, 11) is 0. The van der Waals surface area contributed by atoms with Crippen LogP contribution < -0.4 is 10.6 Å². The standard InChI is InChI=1S/C21H35N5O2.HI/c1-6-17-16(19(7-2)28-25-17)14-23-21(22-8-3)24-15-18(26(9-4)10-5)20-12-11-13-27-20;/h11-13,18H,6-10,14-15H2,1-5H3,(H2,22,23,24);1H. The highest BCUT2D eigenvalue weighted by atomic mass is 127. The van der Waals surface area contributed by atoms with Gasteiger partial charge in [-0.25, -0.2) is 4.99 Å². The molecule has 0 aromatic carbocycles. The molecule has 0 radical (unpaired) electrons. The number of hydrogen-bond acceptors (Lipinski definition) is 5. The van der Waals surface area contributed by atoms with E-state index in [9.17, 15) is 0 Å². The monoisotopic (exact) mass is 517 g/mol. The Balaban J connectivity index is 0.00000420. The first-order valence-electron chi connectivity index (χ1n) is 10.4. The van der Waals surface area contributed by atoms with E-state index in [-0.39, 0.29) is 30.0 Å². The molecule has 1 unspecified atom stereocenters. The van der Waals surface area contributed by atoms with Gasteiger partial charge in [-0.2, -0.15) is 0 Å². The Hall–Kier alpha value is -1.55. The van der Waals surface area contributed by atoms with Crippen molar-refractivity contribution >= 4 is 29.9 Å². The topological polar surface area (TPSA) is 78.8 Å². The Morgan fingerprint density at radius 1 is 1.14 bits per heavy atom. The minimum absolute atomic E-state index is 0. The van der Waals surface area contributed by atoms with E-state index in [1.807, 2.05) is 12.1 Å². The smallest absolute Gasteiger partial charge is 0.191 e. The van der Waals surface area contributed by atoms with Crippen molar-refractivity contribution < 1.29 is 8.94 Å². The van der Waals surface area contributed by atoms with Gasteiger partial charge in [-0.05, 0) is 38.6 Å². The molecule has 1 atom stereocenters. The SMILES string of the molecule is CCNC(=NCc1c(CC)noc1CC)NCC(c1ccco1)N(CC)CC.I. The molecule has 0 bridgehead atoms. The van der Waals surface area contributed by atoms with Gasteiger partial charge < -0.3 is 19.6 Å². The van der Waals surface area contributed by atoms with Crippen molar-refractivity contribution in [2.24, 2.45) is 4.99 Å². The van der Waals surface area contributed by atoms with Gasteiger partial charge >= 0.3 is 0 Å². The molecule has 2 aromatic rings. The van der Waals surface area contributed by atoms with E-state index in [2.05, 4.69) is 55.3 Å². The maximum absolute atomic E-state index is 5.69. The molecule has 8 heteroatoms. The molecule has 7 nitrogen and oxygen atoms in total. The third kappa shape index (κ3) is 7.02. The second-order valence-corrected chi connectivity index (χ2v) is 6.57. The van der Waals surface area contributed by atoms with Crippen LogP contribution in [0.15, 0.2) is 32.3 Å². The minimum atomic E-state index is 0. The number of nitrogens with zero attached hydrogens (tertiary/aromatic N) is 3. The third-order valence-corrected chi connectivity index (χ3v) is 4.93. The lowest BCUT2D eigenvalue weighted by molar-refractivity contribution is 0.193. The molecule has 2 N–H and O–H groups in total. The van der Waals surface area contributed by atoms with Gasteiger partial charge in [0.2, 0.25) is 0 Å². The number of nitrogens with one attached hydrogen (secondary N) is 2. The largest absolute Gasteiger partial charge is 0.468 e. The quantitative estimate of drug-likeness (QED) is 0.265. The molecule has 29 heavy (non-hydrogen) atoms. The van der Waals surface area contributed by atoms with E-state index in [1.165, 1.54) is 0 Å². The number of likely N-dealkylation sites (N-methyl/N-ethyl adjacent to an activating group) is 1. The van der Waals surface area contributed by atoms with Crippen molar-refractivity contribution in [1.29, 1.82) is 0 Å². The average Bonchev–Trinajstić information content (AvgIpc) is 3.38. The van der Waals surface area contributed by atoms with Crippen LogP contribution in [0.5, 0.6) is 0 Å². The van der Waals surface area contributed by atoms with Gasteiger partial charge in [0.25, 0.3) is 0 Å². The fraction of sp³-hybridized carbons (Fsp3) is 0.619. The van der Waals surface area contributed by atoms with E-state index in [4.69, 9.17) is 13.9 Å². The van der Waals surface area contributed by atoms with Crippen LogP contribution in [0.3, 0.4) is 0 Å². The molecule has 0 aliphatic rings. The van der Waals surface area contributed by atoms with Crippen LogP contribution in [0.1, 0.15) is 63.4 Å². The van der Waals surface area contributed by atoms with Crippen LogP contribution >= 0.6 is 24.0 Å². The fourth-order valence-electron chi connectivity index (χ4n) is 3.36. The van der Waals surface area contributed by atoms with Crippen molar-refractivity contribution in [1.82, 2.24) is 20.7 Å². The summed E-state index contributed by atoms with van der Waals surface area (Å²) in [6.45, 7) is 14.6. The first-order valence-corrected chi connectivity index (χ1v) is 10.4. The molecule has 0 saturated heterocycles. The van der Waals surface area contributed by atoms with Crippen LogP contribution in [0.25, 0.3) is 0 Å². The number of furan rings is 1. The number of halogens is 1. The van der Waals surface area contributed by atoms with E-state index < -0.39 is 0 Å². The number of aliphatic imine (C=N–C) groups is 1. The predicted molar refractivity (Wildman–Crippen MR) is 128 cm³/mol. The van der Waals surface area contributed by atoms with Gasteiger partial charge in [-0.15, -0.1) is 24.0 Å². The highest BCUT2D eigenvalue weighted by Crippen LogP contribution is 2.20. The molecular weight excluding hydrogens is 481 g/mol. The second-order valence-electron chi connectivity index (χ2n) is 6.57. The van der Waals surface area contributed by atoms with Crippen LogP contribution in [0.4, 0.5) is 0 Å². The summed E-state index contributed by atoms with van der Waals surface area (Å²) >= 11 is 0. The number of aryl methyl sites for hydroxylation is 2. The average molecular weight is 517 g/mol. The van der Waals surface area contributed by atoms with Crippen LogP contribution in [-0.2, 0) is 19.4 Å². The summed E-state index contributed by atoms with van der Waals surface area (Å²) in [6, 6.07) is 4.13. The lowest BCUT2D eigenvalue weighted by Crippen LogP contribution is -2.43. The molecule has 0 aliphatic heterocycles. The molecule has 0 spiro atoms. The number of hydrogen-bond donors (Lipinski definition) is 2. The summed E-state index contributed by atoms with van der Waals surface area (Å²) < 4.78 is 11.1. The number of guanidine groups is 1. The Labute approximate surface area is 191 Å². The predicted octanol–water partition coefficient (Wildman–Crippen LogP) is 4.15. The van der Waals surface area contributed by atoms with E-state index in [0.29, 0.717) is 13.1 Å². The lowest BCUT2D eigenvalue weighted by Gasteiger charge is -2.28. The van der Waals surface area contributed by atoms with Crippen LogP contribution in [0.2, 0.25) is 0 Å². The highest BCUT2D eigenvalue weighted by Gasteiger charge is 2.21. The van der Waals surface area contributed by atoms with Crippen molar-refractivity contribution in [3.63, 3.8) is 0 Å².